The van der Waals surface area contributed by atoms with Gasteiger partial charge in [0, 0.05) is 30.7 Å². The summed E-state index contributed by atoms with van der Waals surface area (Å²) < 4.78 is 29.7. The molecule has 2 aliphatic heterocycles. The standard InChI is InChI=1S/C37H45NO5/c1-21(2)24-14-15-37(3,41-7)29-12-8-22(16-28(24)29)17-30-34-25(11-13-31(39-5)36(34)40-6)26-10-9-23-18-32-33(43-20-42-32)19-27(23)35(26)38(30)4/h9-11,13,16,18-19,21,24,28-30H,8,12,14-15,17,20H2,1-7H3/t24-,28+,29+,30+,37+/m0/s1. The van der Waals surface area contributed by atoms with E-state index in [1.54, 1.807) is 19.8 Å². The number of anilines is 1. The summed E-state index contributed by atoms with van der Waals surface area (Å²) in [6, 6.07) is 13.0. The Labute approximate surface area is 255 Å². The fraction of sp³-hybridized carbons (Fsp3) is 0.514. The molecule has 0 radical (unpaired) electrons. The first kappa shape index (κ1) is 28.4. The molecule has 7 rings (SSSR count). The quantitative estimate of drug-likeness (QED) is 0.271. The molecular formula is C37H45NO5. The monoisotopic (exact) mass is 583 g/mol. The van der Waals surface area contributed by atoms with E-state index in [1.165, 1.54) is 40.6 Å². The van der Waals surface area contributed by atoms with Gasteiger partial charge in [-0.3, -0.25) is 0 Å². The van der Waals surface area contributed by atoms with Crippen molar-refractivity contribution >= 4 is 16.5 Å². The number of allylic oxidation sites excluding steroid dienone is 1. The van der Waals surface area contributed by atoms with E-state index in [4.69, 9.17) is 23.7 Å². The maximum absolute atomic E-state index is 6.21. The van der Waals surface area contributed by atoms with E-state index in [2.05, 4.69) is 69.1 Å². The first-order valence-electron chi connectivity index (χ1n) is 15.9. The van der Waals surface area contributed by atoms with Crippen molar-refractivity contribution in [3.05, 3.63) is 53.6 Å². The highest BCUT2D eigenvalue weighted by molar-refractivity contribution is 6.05. The van der Waals surface area contributed by atoms with Gasteiger partial charge in [-0.25, -0.2) is 0 Å². The molecule has 0 bridgehead atoms. The van der Waals surface area contributed by atoms with Gasteiger partial charge < -0.3 is 28.6 Å². The Hall–Kier alpha value is -3.38. The molecule has 3 aromatic carbocycles. The molecule has 2 heterocycles. The Bertz CT molecular complexity index is 1590. The van der Waals surface area contributed by atoms with E-state index in [0.29, 0.717) is 23.7 Å². The van der Waals surface area contributed by atoms with Crippen LogP contribution in [0.2, 0.25) is 0 Å². The number of hydrogen-bond donors (Lipinski definition) is 0. The molecule has 5 atom stereocenters. The average Bonchev–Trinajstić information content (AvgIpc) is 3.48. The first-order valence-corrected chi connectivity index (χ1v) is 15.9. The molecule has 1 saturated carbocycles. The number of methoxy groups -OCH3 is 3. The lowest BCUT2D eigenvalue weighted by atomic mass is 9.58. The third-order valence-corrected chi connectivity index (χ3v) is 11.2. The van der Waals surface area contributed by atoms with Crippen LogP contribution in [0.5, 0.6) is 23.0 Å². The molecule has 6 nitrogen and oxygen atoms in total. The molecule has 2 aliphatic carbocycles. The minimum absolute atomic E-state index is 0.0488. The van der Waals surface area contributed by atoms with Gasteiger partial charge in [0.15, 0.2) is 23.0 Å². The highest BCUT2D eigenvalue weighted by Crippen LogP contribution is 2.57. The maximum Gasteiger partial charge on any atom is 0.231 e. The van der Waals surface area contributed by atoms with E-state index < -0.39 is 0 Å². The molecule has 43 heavy (non-hydrogen) atoms. The molecule has 228 valence electrons. The molecule has 3 aromatic rings. The zero-order chi connectivity index (χ0) is 30.0. The van der Waals surface area contributed by atoms with Gasteiger partial charge in [0.25, 0.3) is 0 Å². The van der Waals surface area contributed by atoms with Crippen molar-refractivity contribution in [3.63, 3.8) is 0 Å². The van der Waals surface area contributed by atoms with Gasteiger partial charge >= 0.3 is 0 Å². The first-order chi connectivity index (χ1) is 20.8. The van der Waals surface area contributed by atoms with Gasteiger partial charge in [0.2, 0.25) is 6.79 Å². The van der Waals surface area contributed by atoms with E-state index in [9.17, 15) is 0 Å². The summed E-state index contributed by atoms with van der Waals surface area (Å²) in [5.74, 6) is 5.65. The minimum Gasteiger partial charge on any atom is -0.493 e. The van der Waals surface area contributed by atoms with Crippen LogP contribution in [-0.2, 0) is 4.74 Å². The van der Waals surface area contributed by atoms with Crippen molar-refractivity contribution in [1.82, 2.24) is 0 Å². The Morgan fingerprint density at radius 1 is 0.977 bits per heavy atom. The summed E-state index contributed by atoms with van der Waals surface area (Å²) >= 11 is 0. The topological polar surface area (TPSA) is 49.4 Å². The highest BCUT2D eigenvalue weighted by atomic mass is 16.7. The smallest absolute Gasteiger partial charge is 0.231 e. The Kier molecular flexibility index (Phi) is 7.04. The Morgan fingerprint density at radius 3 is 2.47 bits per heavy atom. The lowest BCUT2D eigenvalue weighted by molar-refractivity contribution is -0.108. The number of fused-ring (bicyclic) bond motifs is 7. The summed E-state index contributed by atoms with van der Waals surface area (Å²) in [4.78, 5) is 2.47. The summed E-state index contributed by atoms with van der Waals surface area (Å²) in [5, 5.41) is 2.33. The van der Waals surface area contributed by atoms with Crippen LogP contribution in [0, 0.1) is 23.7 Å². The molecule has 6 heteroatoms. The molecule has 0 aromatic heterocycles. The minimum atomic E-state index is -0.0488. The van der Waals surface area contributed by atoms with Crippen LogP contribution < -0.4 is 23.8 Å². The average molecular weight is 584 g/mol. The molecule has 0 N–H and O–H groups in total. The number of hydrogen-bond acceptors (Lipinski definition) is 6. The molecule has 0 spiro atoms. The van der Waals surface area contributed by atoms with Crippen LogP contribution in [0.15, 0.2) is 48.0 Å². The van der Waals surface area contributed by atoms with Gasteiger partial charge in [-0.05, 0) is 97.9 Å². The van der Waals surface area contributed by atoms with Crippen LogP contribution in [-0.4, -0.2) is 40.8 Å². The van der Waals surface area contributed by atoms with Crippen LogP contribution in [0.1, 0.15) is 64.5 Å². The zero-order valence-corrected chi connectivity index (χ0v) is 26.7. The van der Waals surface area contributed by atoms with E-state index in [1.807, 2.05) is 13.2 Å². The largest absolute Gasteiger partial charge is 0.493 e. The fourth-order valence-electron chi connectivity index (χ4n) is 8.82. The zero-order valence-electron chi connectivity index (χ0n) is 26.7. The second-order valence-electron chi connectivity index (χ2n) is 13.5. The van der Waals surface area contributed by atoms with Gasteiger partial charge in [0.05, 0.1) is 31.5 Å². The fourth-order valence-corrected chi connectivity index (χ4v) is 8.82. The molecule has 0 unspecified atom stereocenters. The summed E-state index contributed by atoms with van der Waals surface area (Å²) in [6.45, 7) is 7.40. The number of nitrogens with zero attached hydrogens (tertiary/aromatic N) is 1. The van der Waals surface area contributed by atoms with Crippen LogP contribution in [0.25, 0.3) is 21.9 Å². The lowest BCUT2D eigenvalue weighted by Gasteiger charge is -2.51. The predicted octanol–water partition coefficient (Wildman–Crippen LogP) is 8.56. The van der Waals surface area contributed by atoms with Crippen molar-refractivity contribution in [2.75, 3.05) is 40.1 Å². The Balaban J connectivity index is 1.36. The molecule has 0 saturated heterocycles. The van der Waals surface area contributed by atoms with Crippen LogP contribution >= 0.6 is 0 Å². The van der Waals surface area contributed by atoms with E-state index in [-0.39, 0.29) is 18.4 Å². The predicted molar refractivity (Wildman–Crippen MR) is 172 cm³/mol. The van der Waals surface area contributed by atoms with Crippen LogP contribution in [0.4, 0.5) is 5.69 Å². The van der Waals surface area contributed by atoms with Gasteiger partial charge in [0.1, 0.15) is 0 Å². The van der Waals surface area contributed by atoms with E-state index in [0.717, 1.165) is 47.6 Å². The Morgan fingerprint density at radius 2 is 1.74 bits per heavy atom. The molecule has 1 fully saturated rings. The van der Waals surface area contributed by atoms with Gasteiger partial charge in [-0.15, -0.1) is 0 Å². The third-order valence-electron chi connectivity index (χ3n) is 11.2. The lowest BCUT2D eigenvalue weighted by Crippen LogP contribution is -2.49. The van der Waals surface area contributed by atoms with Crippen molar-refractivity contribution < 1.29 is 23.7 Å². The second kappa shape index (κ2) is 10.7. The SMILES string of the molecule is COc1ccc2c(c1OC)[C@@H](CC1=C[C@H]3[C@@H](CC1)[C@](C)(OC)CC[C@H]3C(C)C)N(C)c1c-2ccc2cc3c(cc12)OCO3. The normalized spacial score (nSPS) is 27.4. The van der Waals surface area contributed by atoms with Crippen molar-refractivity contribution in [2.24, 2.45) is 23.7 Å². The number of rotatable bonds is 6. The highest BCUT2D eigenvalue weighted by Gasteiger charge is 2.48. The van der Waals surface area contributed by atoms with Crippen molar-refractivity contribution in [3.8, 4) is 34.1 Å². The summed E-state index contributed by atoms with van der Waals surface area (Å²) in [6.07, 6.45) is 8.23. The van der Waals surface area contributed by atoms with Crippen molar-refractivity contribution in [2.45, 2.75) is 64.5 Å². The van der Waals surface area contributed by atoms with Crippen LogP contribution in [0.3, 0.4) is 0 Å². The summed E-state index contributed by atoms with van der Waals surface area (Å²) in [7, 11) is 7.63. The maximum atomic E-state index is 6.21. The second-order valence-corrected chi connectivity index (χ2v) is 13.5. The molecule has 0 amide bonds. The third kappa shape index (κ3) is 4.39. The van der Waals surface area contributed by atoms with E-state index >= 15 is 0 Å². The number of ether oxygens (including phenoxy) is 5. The van der Waals surface area contributed by atoms with Gasteiger partial charge in [-0.1, -0.05) is 37.6 Å². The molecule has 4 aliphatic rings. The van der Waals surface area contributed by atoms with Gasteiger partial charge in [-0.2, -0.15) is 0 Å². The summed E-state index contributed by atoms with van der Waals surface area (Å²) in [5.41, 5.74) is 6.31. The molecular weight excluding hydrogens is 538 g/mol. The van der Waals surface area contributed by atoms with Crippen molar-refractivity contribution in [1.29, 1.82) is 0 Å². The number of benzene rings is 3.